The Morgan fingerprint density at radius 2 is 1.65 bits per heavy atom. The standard InChI is InChI=1S/C14H17NO2S.C2H6/c1-5-7-13(4)15(6-2)18(16,17)14-10-8-12(3)9-11-14;1-2/h5-11H,1-2H2,3-4H3;1-2H3/b13-7+;. The highest BCUT2D eigenvalue weighted by Crippen LogP contribution is 2.20. The Balaban J connectivity index is 0.00000172. The molecule has 0 fully saturated rings. The molecule has 0 spiro atoms. The smallest absolute Gasteiger partial charge is 0.247 e. The van der Waals surface area contributed by atoms with E-state index in [-0.39, 0.29) is 4.90 Å². The zero-order valence-electron chi connectivity index (χ0n) is 12.6. The Kier molecular flexibility index (Phi) is 7.62. The Labute approximate surface area is 123 Å². The zero-order chi connectivity index (χ0) is 15.8. The van der Waals surface area contributed by atoms with E-state index in [4.69, 9.17) is 0 Å². The van der Waals surface area contributed by atoms with Crippen molar-refractivity contribution in [2.24, 2.45) is 0 Å². The molecule has 0 radical (unpaired) electrons. The van der Waals surface area contributed by atoms with Gasteiger partial charge in [0, 0.05) is 11.9 Å². The second kappa shape index (κ2) is 8.38. The van der Waals surface area contributed by atoms with Crippen LogP contribution in [0.5, 0.6) is 0 Å². The first-order chi connectivity index (χ1) is 9.43. The highest BCUT2D eigenvalue weighted by molar-refractivity contribution is 7.89. The van der Waals surface area contributed by atoms with E-state index in [0.29, 0.717) is 5.70 Å². The van der Waals surface area contributed by atoms with E-state index in [1.807, 2.05) is 20.8 Å². The summed E-state index contributed by atoms with van der Waals surface area (Å²) >= 11 is 0. The number of hydrogen-bond donors (Lipinski definition) is 0. The minimum atomic E-state index is -3.59. The van der Waals surface area contributed by atoms with Gasteiger partial charge in [-0.05, 0) is 32.1 Å². The number of sulfonamides is 1. The van der Waals surface area contributed by atoms with E-state index < -0.39 is 10.0 Å². The van der Waals surface area contributed by atoms with Crippen LogP contribution in [0.4, 0.5) is 0 Å². The van der Waals surface area contributed by atoms with E-state index in [1.165, 1.54) is 12.3 Å². The van der Waals surface area contributed by atoms with Crippen molar-refractivity contribution >= 4 is 10.0 Å². The SMILES string of the molecule is C=C/C=C(\C)N(C=C)S(=O)(=O)c1ccc(C)cc1.CC. The normalized spacial score (nSPS) is 11.1. The predicted molar refractivity (Wildman–Crippen MR) is 85.7 cm³/mol. The van der Waals surface area contributed by atoms with Crippen molar-refractivity contribution in [3.05, 3.63) is 67.0 Å². The lowest BCUT2D eigenvalue weighted by Crippen LogP contribution is -2.24. The van der Waals surface area contributed by atoms with Crippen LogP contribution in [0, 0.1) is 6.92 Å². The van der Waals surface area contributed by atoms with Gasteiger partial charge < -0.3 is 0 Å². The molecule has 0 atom stereocenters. The summed E-state index contributed by atoms with van der Waals surface area (Å²) in [5.41, 5.74) is 1.55. The molecule has 1 aromatic carbocycles. The molecule has 0 bridgehead atoms. The van der Waals surface area contributed by atoms with Crippen molar-refractivity contribution in [3.63, 3.8) is 0 Å². The second-order valence-corrected chi connectivity index (χ2v) is 5.66. The third kappa shape index (κ3) is 4.38. The highest BCUT2D eigenvalue weighted by Gasteiger charge is 2.21. The van der Waals surface area contributed by atoms with Crippen LogP contribution in [0.2, 0.25) is 0 Å². The van der Waals surface area contributed by atoms with Crippen LogP contribution >= 0.6 is 0 Å². The molecule has 3 nitrogen and oxygen atoms in total. The summed E-state index contributed by atoms with van der Waals surface area (Å²) in [6, 6.07) is 6.70. The van der Waals surface area contributed by atoms with Crippen molar-refractivity contribution in [3.8, 4) is 0 Å². The van der Waals surface area contributed by atoms with Crippen LogP contribution in [-0.2, 0) is 10.0 Å². The predicted octanol–water partition coefficient (Wildman–Crippen LogP) is 4.25. The lowest BCUT2D eigenvalue weighted by Gasteiger charge is -2.20. The average molecular weight is 293 g/mol. The summed E-state index contributed by atoms with van der Waals surface area (Å²) in [7, 11) is -3.59. The maximum atomic E-state index is 12.4. The van der Waals surface area contributed by atoms with Crippen molar-refractivity contribution in [1.82, 2.24) is 4.31 Å². The molecule has 0 unspecified atom stereocenters. The lowest BCUT2D eigenvalue weighted by atomic mass is 10.2. The van der Waals surface area contributed by atoms with Crippen LogP contribution in [0.25, 0.3) is 0 Å². The highest BCUT2D eigenvalue weighted by atomic mass is 32.2. The van der Waals surface area contributed by atoms with Crippen LogP contribution < -0.4 is 0 Å². The molecule has 0 saturated heterocycles. The van der Waals surface area contributed by atoms with Gasteiger partial charge in [-0.3, -0.25) is 0 Å². The van der Waals surface area contributed by atoms with Gasteiger partial charge in [0.2, 0.25) is 0 Å². The molecule has 1 rings (SSSR count). The molecule has 4 heteroatoms. The summed E-state index contributed by atoms with van der Waals surface area (Å²) in [5, 5.41) is 0. The van der Waals surface area contributed by atoms with E-state index in [0.717, 1.165) is 9.87 Å². The number of allylic oxidation sites excluding steroid dienone is 3. The molecule has 0 heterocycles. The molecule has 0 saturated carbocycles. The summed E-state index contributed by atoms with van der Waals surface area (Å²) in [4.78, 5) is 0.241. The van der Waals surface area contributed by atoms with Gasteiger partial charge in [-0.25, -0.2) is 12.7 Å². The summed E-state index contributed by atoms with van der Waals surface area (Å²) in [5.74, 6) is 0. The van der Waals surface area contributed by atoms with Crippen LogP contribution in [0.15, 0.2) is 66.4 Å². The molecule has 0 N–H and O–H groups in total. The molecule has 0 aromatic heterocycles. The molecular formula is C16H23NO2S. The molecular weight excluding hydrogens is 270 g/mol. The molecule has 0 aliphatic rings. The first kappa shape index (κ1) is 18.2. The van der Waals surface area contributed by atoms with Crippen molar-refractivity contribution in [1.29, 1.82) is 0 Å². The first-order valence-corrected chi connectivity index (χ1v) is 7.90. The van der Waals surface area contributed by atoms with E-state index in [9.17, 15) is 8.42 Å². The third-order valence-corrected chi connectivity index (χ3v) is 4.27. The topological polar surface area (TPSA) is 37.4 Å². The molecule has 0 amide bonds. The lowest BCUT2D eigenvalue weighted by molar-refractivity contribution is 0.542. The minimum absolute atomic E-state index is 0.241. The molecule has 0 aliphatic heterocycles. The van der Waals surface area contributed by atoms with Gasteiger partial charge in [-0.2, -0.15) is 0 Å². The summed E-state index contributed by atoms with van der Waals surface area (Å²) in [6.07, 6.45) is 4.44. The Morgan fingerprint density at radius 1 is 1.15 bits per heavy atom. The van der Waals surface area contributed by atoms with Crippen LogP contribution in [0.3, 0.4) is 0 Å². The number of nitrogens with zero attached hydrogens (tertiary/aromatic N) is 1. The maximum Gasteiger partial charge on any atom is 0.267 e. The molecule has 110 valence electrons. The summed E-state index contributed by atoms with van der Waals surface area (Å²) < 4.78 is 25.9. The average Bonchev–Trinajstić information content (AvgIpc) is 2.42. The van der Waals surface area contributed by atoms with Crippen molar-refractivity contribution in [2.75, 3.05) is 0 Å². The van der Waals surface area contributed by atoms with Gasteiger partial charge in [0.25, 0.3) is 10.0 Å². The largest absolute Gasteiger partial charge is 0.267 e. The zero-order valence-corrected chi connectivity index (χ0v) is 13.4. The Hall–Kier alpha value is -1.81. The fourth-order valence-electron chi connectivity index (χ4n) is 1.50. The molecule has 1 aromatic rings. The van der Waals surface area contributed by atoms with E-state index in [2.05, 4.69) is 13.2 Å². The Morgan fingerprint density at radius 3 is 2.05 bits per heavy atom. The second-order valence-electron chi connectivity index (χ2n) is 3.84. The van der Waals surface area contributed by atoms with E-state index >= 15 is 0 Å². The number of benzene rings is 1. The van der Waals surface area contributed by atoms with Gasteiger partial charge >= 0.3 is 0 Å². The molecule has 0 aliphatic carbocycles. The monoisotopic (exact) mass is 293 g/mol. The maximum absolute atomic E-state index is 12.4. The van der Waals surface area contributed by atoms with Gasteiger partial charge in [0.15, 0.2) is 0 Å². The van der Waals surface area contributed by atoms with Gasteiger partial charge in [0.1, 0.15) is 0 Å². The van der Waals surface area contributed by atoms with E-state index in [1.54, 1.807) is 37.3 Å². The summed E-state index contributed by atoms with van der Waals surface area (Å²) in [6.45, 7) is 14.7. The first-order valence-electron chi connectivity index (χ1n) is 6.46. The van der Waals surface area contributed by atoms with Crippen molar-refractivity contribution < 1.29 is 8.42 Å². The van der Waals surface area contributed by atoms with Crippen molar-refractivity contribution in [2.45, 2.75) is 32.6 Å². The minimum Gasteiger partial charge on any atom is -0.247 e. The number of aryl methyl sites for hydroxylation is 1. The Bertz CT molecular complexity index is 569. The van der Waals surface area contributed by atoms with Gasteiger partial charge in [-0.15, -0.1) is 0 Å². The van der Waals surface area contributed by atoms with Gasteiger partial charge in [0.05, 0.1) is 4.90 Å². The number of rotatable bonds is 5. The van der Waals surface area contributed by atoms with Crippen LogP contribution in [0.1, 0.15) is 26.3 Å². The molecule has 20 heavy (non-hydrogen) atoms. The fraction of sp³-hybridized carbons (Fsp3) is 0.250. The van der Waals surface area contributed by atoms with Gasteiger partial charge in [-0.1, -0.05) is 50.8 Å². The number of hydrogen-bond acceptors (Lipinski definition) is 2. The quantitative estimate of drug-likeness (QED) is 0.761. The van der Waals surface area contributed by atoms with Crippen LogP contribution in [-0.4, -0.2) is 12.7 Å². The fourth-order valence-corrected chi connectivity index (χ4v) is 2.84. The third-order valence-electron chi connectivity index (χ3n) is 2.45.